The molecule has 3 amide bonds. The van der Waals surface area contributed by atoms with Crippen LogP contribution in [-0.2, 0) is 9.53 Å². The lowest BCUT2D eigenvalue weighted by molar-refractivity contribution is -0.128. The number of carbonyl (C=O) groups excluding carboxylic acids is 3. The summed E-state index contributed by atoms with van der Waals surface area (Å²) in [6.45, 7) is 5.01. The largest absolute Gasteiger partial charge is 0.366 e. The Kier molecular flexibility index (Phi) is 5.98. The van der Waals surface area contributed by atoms with Crippen molar-refractivity contribution in [3.05, 3.63) is 63.6 Å². The van der Waals surface area contributed by atoms with Gasteiger partial charge in [0.1, 0.15) is 6.10 Å². The van der Waals surface area contributed by atoms with Crippen LogP contribution in [0.1, 0.15) is 41.5 Å². The molecule has 1 N–H and O–H groups in total. The maximum atomic E-state index is 12.7. The molecule has 152 valence electrons. The first-order valence-corrected chi connectivity index (χ1v) is 9.72. The van der Waals surface area contributed by atoms with Crippen LogP contribution in [0.5, 0.6) is 0 Å². The van der Waals surface area contributed by atoms with Crippen LogP contribution < -0.4 is 5.32 Å². The summed E-state index contributed by atoms with van der Waals surface area (Å²) in [6, 6.07) is 11.4. The maximum Gasteiger partial charge on any atom is 0.262 e. The zero-order valence-electron chi connectivity index (χ0n) is 16.2. The van der Waals surface area contributed by atoms with Gasteiger partial charge in [-0.1, -0.05) is 35.3 Å². The highest BCUT2D eigenvalue weighted by Crippen LogP contribution is 2.30. The second-order valence-corrected chi connectivity index (χ2v) is 8.28. The highest BCUT2D eigenvalue weighted by Gasteiger charge is 2.44. The predicted octanol–water partition coefficient (Wildman–Crippen LogP) is 4.41. The Morgan fingerprint density at radius 2 is 1.59 bits per heavy atom. The molecule has 8 heteroatoms. The molecule has 0 bridgehead atoms. The molecule has 2 aromatic carbocycles. The Bertz CT molecular complexity index is 935. The van der Waals surface area contributed by atoms with E-state index in [4.69, 9.17) is 27.9 Å². The van der Waals surface area contributed by atoms with Gasteiger partial charge in [0.05, 0.1) is 23.3 Å². The average Bonchev–Trinajstić information content (AvgIpc) is 2.90. The number of imide groups is 1. The number of carbonyl (C=O) groups is 3. The fourth-order valence-corrected chi connectivity index (χ4v) is 3.60. The number of nitrogens with zero attached hydrogens (tertiary/aromatic N) is 1. The number of nitrogens with one attached hydrogen (secondary N) is 1. The van der Waals surface area contributed by atoms with Crippen LogP contribution in [0.2, 0.25) is 10.0 Å². The number of hydrogen-bond acceptors (Lipinski definition) is 4. The average molecular weight is 435 g/mol. The minimum absolute atomic E-state index is 0.0106. The van der Waals surface area contributed by atoms with E-state index < -0.39 is 17.6 Å². The van der Waals surface area contributed by atoms with Crippen molar-refractivity contribution in [2.24, 2.45) is 0 Å². The molecule has 1 heterocycles. The van der Waals surface area contributed by atoms with Crippen molar-refractivity contribution in [1.29, 1.82) is 0 Å². The van der Waals surface area contributed by atoms with Crippen molar-refractivity contribution in [1.82, 2.24) is 4.90 Å². The minimum Gasteiger partial charge on any atom is -0.366 e. The topological polar surface area (TPSA) is 75.7 Å². The van der Waals surface area contributed by atoms with Crippen molar-refractivity contribution in [2.75, 3.05) is 11.9 Å². The number of hydrogen-bond donors (Lipinski definition) is 1. The number of halogens is 2. The molecular weight excluding hydrogens is 415 g/mol. The third-order valence-electron chi connectivity index (χ3n) is 4.59. The van der Waals surface area contributed by atoms with Crippen molar-refractivity contribution < 1.29 is 19.1 Å². The molecule has 1 aliphatic rings. The molecule has 0 spiro atoms. The fraction of sp³-hybridized carbons (Fsp3) is 0.286. The number of benzene rings is 2. The van der Waals surface area contributed by atoms with Crippen LogP contribution in [0.25, 0.3) is 0 Å². The smallest absolute Gasteiger partial charge is 0.262 e. The van der Waals surface area contributed by atoms with Gasteiger partial charge in [0, 0.05) is 15.7 Å². The van der Waals surface area contributed by atoms with Gasteiger partial charge in [-0.05, 0) is 51.1 Å². The standard InChI is InChI=1S/C21H20Cl2N2O4/c1-12(18(26)24-15-9-13(22)8-14(23)10-15)29-11-21(2,3)25-19(27)16-6-4-5-7-17(16)20(25)28/h4-10,12H,11H2,1-3H3,(H,24,26). The molecule has 2 aromatic rings. The Morgan fingerprint density at radius 3 is 2.10 bits per heavy atom. The Morgan fingerprint density at radius 1 is 1.07 bits per heavy atom. The first-order valence-electron chi connectivity index (χ1n) is 8.96. The summed E-state index contributed by atoms with van der Waals surface area (Å²) in [5.41, 5.74) is 0.243. The second-order valence-electron chi connectivity index (χ2n) is 7.40. The van der Waals surface area contributed by atoms with Crippen molar-refractivity contribution in [3.8, 4) is 0 Å². The molecule has 29 heavy (non-hydrogen) atoms. The van der Waals surface area contributed by atoms with Gasteiger partial charge in [-0.3, -0.25) is 19.3 Å². The van der Waals surface area contributed by atoms with Crippen molar-refractivity contribution in [3.63, 3.8) is 0 Å². The fourth-order valence-electron chi connectivity index (χ4n) is 3.08. The number of anilines is 1. The zero-order chi connectivity index (χ0) is 21.3. The Labute approximate surface area is 178 Å². The molecule has 3 rings (SSSR count). The van der Waals surface area contributed by atoms with Gasteiger partial charge < -0.3 is 10.1 Å². The molecule has 0 saturated heterocycles. The number of fused-ring (bicyclic) bond motifs is 1. The van der Waals surface area contributed by atoms with Crippen LogP contribution in [-0.4, -0.2) is 40.9 Å². The summed E-state index contributed by atoms with van der Waals surface area (Å²) >= 11 is 11.9. The lowest BCUT2D eigenvalue weighted by Gasteiger charge is -2.34. The van der Waals surface area contributed by atoms with Crippen LogP contribution in [0.4, 0.5) is 5.69 Å². The number of ether oxygens (including phenoxy) is 1. The molecular formula is C21H20Cl2N2O4. The quantitative estimate of drug-likeness (QED) is 0.682. The van der Waals surface area contributed by atoms with Gasteiger partial charge in [-0.25, -0.2) is 0 Å². The molecule has 1 unspecified atom stereocenters. The number of amides is 3. The van der Waals surface area contributed by atoms with Gasteiger partial charge in [0.25, 0.3) is 17.7 Å². The molecule has 1 aliphatic heterocycles. The molecule has 0 aliphatic carbocycles. The first kappa shape index (κ1) is 21.3. The minimum atomic E-state index is -0.943. The lowest BCUT2D eigenvalue weighted by atomic mass is 10.0. The zero-order valence-corrected chi connectivity index (χ0v) is 17.7. The molecule has 0 fully saturated rings. The second kappa shape index (κ2) is 8.14. The van der Waals surface area contributed by atoms with Crippen LogP contribution in [0.3, 0.4) is 0 Å². The highest BCUT2D eigenvalue weighted by atomic mass is 35.5. The summed E-state index contributed by atoms with van der Waals surface area (Å²) in [5, 5.41) is 3.47. The third-order valence-corrected chi connectivity index (χ3v) is 5.02. The van der Waals surface area contributed by atoms with Gasteiger partial charge in [0.15, 0.2) is 0 Å². The summed E-state index contributed by atoms with van der Waals surface area (Å²) in [5.74, 6) is -1.14. The van der Waals surface area contributed by atoms with E-state index in [0.29, 0.717) is 26.9 Å². The normalized spacial score (nSPS) is 14.7. The summed E-state index contributed by atoms with van der Waals surface area (Å²) < 4.78 is 5.69. The van der Waals surface area contributed by atoms with E-state index in [2.05, 4.69) is 5.32 Å². The van der Waals surface area contributed by atoms with Crippen LogP contribution >= 0.6 is 23.2 Å². The molecule has 1 atom stereocenters. The molecule has 6 nitrogen and oxygen atoms in total. The summed E-state index contributed by atoms with van der Waals surface area (Å²) in [7, 11) is 0. The number of rotatable bonds is 6. The SMILES string of the molecule is CC(OCC(C)(C)N1C(=O)c2ccccc2C1=O)C(=O)Nc1cc(Cl)cc(Cl)c1. The highest BCUT2D eigenvalue weighted by molar-refractivity contribution is 6.35. The Hall–Kier alpha value is -2.41. The van der Waals surface area contributed by atoms with E-state index in [1.54, 1.807) is 63.2 Å². The van der Waals surface area contributed by atoms with Gasteiger partial charge in [0.2, 0.25) is 0 Å². The molecule has 0 saturated carbocycles. The third kappa shape index (κ3) is 4.45. The van der Waals surface area contributed by atoms with Crippen LogP contribution in [0, 0.1) is 0 Å². The monoisotopic (exact) mass is 434 g/mol. The van der Waals surface area contributed by atoms with Crippen molar-refractivity contribution >= 4 is 46.6 Å². The molecule has 0 radical (unpaired) electrons. The van der Waals surface area contributed by atoms with E-state index in [9.17, 15) is 14.4 Å². The maximum absolute atomic E-state index is 12.7. The first-order chi connectivity index (χ1) is 13.6. The van der Waals surface area contributed by atoms with E-state index >= 15 is 0 Å². The van der Waals surface area contributed by atoms with E-state index in [-0.39, 0.29) is 18.4 Å². The summed E-state index contributed by atoms with van der Waals surface area (Å²) in [4.78, 5) is 39.0. The summed E-state index contributed by atoms with van der Waals surface area (Å²) in [6.07, 6.45) is -0.831. The molecule has 0 aromatic heterocycles. The van der Waals surface area contributed by atoms with E-state index in [1.807, 2.05) is 0 Å². The van der Waals surface area contributed by atoms with Gasteiger partial charge in [-0.15, -0.1) is 0 Å². The lowest BCUT2D eigenvalue weighted by Crippen LogP contribution is -2.51. The van der Waals surface area contributed by atoms with Gasteiger partial charge >= 0.3 is 0 Å². The van der Waals surface area contributed by atoms with E-state index in [0.717, 1.165) is 0 Å². The van der Waals surface area contributed by atoms with Crippen molar-refractivity contribution in [2.45, 2.75) is 32.4 Å². The Balaban J connectivity index is 1.64. The van der Waals surface area contributed by atoms with E-state index in [1.165, 1.54) is 4.90 Å². The van der Waals surface area contributed by atoms with Gasteiger partial charge in [-0.2, -0.15) is 0 Å². The predicted molar refractivity (Wildman–Crippen MR) is 112 cm³/mol. The van der Waals surface area contributed by atoms with Crippen LogP contribution in [0.15, 0.2) is 42.5 Å².